The molecule has 1 unspecified atom stereocenters. The van der Waals surface area contributed by atoms with E-state index in [1.165, 1.54) is 24.3 Å². The Bertz CT molecular complexity index is 606. The highest BCUT2D eigenvalue weighted by molar-refractivity contribution is 6.39. The summed E-state index contributed by atoms with van der Waals surface area (Å²) < 4.78 is 52.7. The smallest absolute Gasteiger partial charge is 0.368 e. The van der Waals surface area contributed by atoms with E-state index in [9.17, 15) is 17.6 Å². The Morgan fingerprint density at radius 1 is 0.952 bits per heavy atom. The van der Waals surface area contributed by atoms with Gasteiger partial charge in [-0.05, 0) is 17.7 Å². The second-order valence-corrected chi connectivity index (χ2v) is 5.09. The van der Waals surface area contributed by atoms with Gasteiger partial charge < -0.3 is 5.32 Å². The lowest BCUT2D eigenvalue weighted by Gasteiger charge is -2.24. The molecule has 2 aromatic rings. The normalized spacial score (nSPS) is 13.0. The predicted octanol–water partition coefficient (Wildman–Crippen LogP) is 5.85. The number of rotatable bonds is 3. The molecule has 0 radical (unpaired) electrons. The van der Waals surface area contributed by atoms with Crippen molar-refractivity contribution in [3.05, 3.63) is 63.9 Å². The third-order valence-corrected chi connectivity index (χ3v) is 3.35. The van der Waals surface area contributed by atoms with Crippen molar-refractivity contribution in [3.63, 3.8) is 0 Å². The quantitative estimate of drug-likeness (QED) is 0.693. The van der Waals surface area contributed by atoms with E-state index in [-0.39, 0.29) is 21.3 Å². The lowest BCUT2D eigenvalue weighted by Crippen LogP contribution is -2.28. The Labute approximate surface area is 128 Å². The van der Waals surface area contributed by atoms with Crippen LogP contribution in [0, 0.1) is 5.82 Å². The van der Waals surface area contributed by atoms with Crippen LogP contribution in [0.1, 0.15) is 11.6 Å². The molecule has 0 saturated heterocycles. The van der Waals surface area contributed by atoms with E-state index in [2.05, 4.69) is 5.32 Å². The molecule has 1 N–H and O–H groups in total. The van der Waals surface area contributed by atoms with E-state index in [0.717, 1.165) is 12.1 Å². The van der Waals surface area contributed by atoms with E-state index in [1.54, 1.807) is 6.07 Å². The zero-order valence-electron chi connectivity index (χ0n) is 10.4. The Kier molecular flexibility index (Phi) is 4.64. The number of hydrogen-bond donors (Lipinski definition) is 1. The van der Waals surface area contributed by atoms with Crippen molar-refractivity contribution >= 4 is 28.9 Å². The van der Waals surface area contributed by atoms with Crippen molar-refractivity contribution in [1.29, 1.82) is 0 Å². The highest BCUT2D eigenvalue weighted by atomic mass is 35.5. The summed E-state index contributed by atoms with van der Waals surface area (Å²) in [5.74, 6) is -0.723. The van der Waals surface area contributed by atoms with Gasteiger partial charge in [-0.3, -0.25) is 0 Å². The molecule has 0 aliphatic rings. The molecule has 0 spiro atoms. The van der Waals surface area contributed by atoms with Gasteiger partial charge in [-0.25, -0.2) is 4.39 Å². The molecule has 0 fully saturated rings. The molecule has 1 atom stereocenters. The van der Waals surface area contributed by atoms with Gasteiger partial charge in [0.25, 0.3) is 0 Å². The first-order valence-electron chi connectivity index (χ1n) is 5.82. The van der Waals surface area contributed by atoms with Gasteiger partial charge in [0.1, 0.15) is 11.9 Å². The Morgan fingerprint density at radius 3 is 1.95 bits per heavy atom. The SMILES string of the molecule is Fc1cc(Cl)c(NC(c2ccccc2)C(F)(F)F)c(Cl)c1. The van der Waals surface area contributed by atoms with Gasteiger partial charge >= 0.3 is 6.18 Å². The summed E-state index contributed by atoms with van der Waals surface area (Å²) in [6, 6.07) is 7.04. The van der Waals surface area contributed by atoms with Gasteiger partial charge in [0.2, 0.25) is 0 Å². The van der Waals surface area contributed by atoms with Crippen molar-refractivity contribution in [2.24, 2.45) is 0 Å². The molecule has 0 aliphatic carbocycles. The molecule has 1 nitrogen and oxygen atoms in total. The first-order chi connectivity index (χ1) is 9.79. The largest absolute Gasteiger partial charge is 0.412 e. The van der Waals surface area contributed by atoms with Crippen molar-refractivity contribution in [2.75, 3.05) is 5.32 Å². The average Bonchev–Trinajstić information content (AvgIpc) is 2.37. The van der Waals surface area contributed by atoms with Crippen molar-refractivity contribution < 1.29 is 17.6 Å². The van der Waals surface area contributed by atoms with Gasteiger partial charge in [-0.1, -0.05) is 53.5 Å². The molecule has 2 rings (SSSR count). The van der Waals surface area contributed by atoms with Crippen LogP contribution in [0.15, 0.2) is 42.5 Å². The van der Waals surface area contributed by atoms with Crippen molar-refractivity contribution in [2.45, 2.75) is 12.2 Å². The fourth-order valence-electron chi connectivity index (χ4n) is 1.82. The summed E-state index contributed by atoms with van der Waals surface area (Å²) in [6.45, 7) is 0. The van der Waals surface area contributed by atoms with E-state index in [1.807, 2.05) is 0 Å². The Morgan fingerprint density at radius 2 is 1.48 bits per heavy atom. The number of halogens is 6. The monoisotopic (exact) mass is 337 g/mol. The van der Waals surface area contributed by atoms with Crippen LogP contribution in [0.5, 0.6) is 0 Å². The maximum Gasteiger partial charge on any atom is 0.412 e. The second kappa shape index (κ2) is 6.12. The highest BCUT2D eigenvalue weighted by Crippen LogP contribution is 2.40. The molecule has 0 saturated carbocycles. The number of anilines is 1. The number of hydrogen-bond acceptors (Lipinski definition) is 1. The summed E-state index contributed by atoms with van der Waals surface area (Å²) in [5, 5.41) is 1.81. The Hall–Kier alpha value is -1.46. The van der Waals surface area contributed by atoms with Crippen LogP contribution in [-0.2, 0) is 0 Å². The number of nitrogens with one attached hydrogen (secondary N) is 1. The van der Waals surface area contributed by atoms with E-state index in [4.69, 9.17) is 23.2 Å². The molecule has 7 heteroatoms. The molecule has 21 heavy (non-hydrogen) atoms. The van der Waals surface area contributed by atoms with E-state index in [0.29, 0.717) is 0 Å². The maximum atomic E-state index is 13.2. The van der Waals surface area contributed by atoms with Gasteiger partial charge in [0, 0.05) is 0 Å². The average molecular weight is 338 g/mol. The molecule has 0 aromatic heterocycles. The van der Waals surface area contributed by atoms with Crippen LogP contribution in [0.3, 0.4) is 0 Å². The molecule has 112 valence electrons. The topological polar surface area (TPSA) is 12.0 Å². The highest BCUT2D eigenvalue weighted by Gasteiger charge is 2.41. The molecule has 0 heterocycles. The van der Waals surface area contributed by atoms with E-state index >= 15 is 0 Å². The van der Waals surface area contributed by atoms with Crippen molar-refractivity contribution in [3.8, 4) is 0 Å². The summed E-state index contributed by atoms with van der Waals surface area (Å²) in [7, 11) is 0. The Balaban J connectivity index is 2.42. The van der Waals surface area contributed by atoms with Crippen LogP contribution in [0.25, 0.3) is 0 Å². The first kappa shape index (κ1) is 15.9. The zero-order chi connectivity index (χ0) is 15.6. The maximum absolute atomic E-state index is 13.2. The predicted molar refractivity (Wildman–Crippen MR) is 75.3 cm³/mol. The fraction of sp³-hybridized carbons (Fsp3) is 0.143. The molecule has 2 aromatic carbocycles. The second-order valence-electron chi connectivity index (χ2n) is 4.27. The third kappa shape index (κ3) is 3.80. The van der Waals surface area contributed by atoms with Gasteiger partial charge in [0.15, 0.2) is 0 Å². The van der Waals surface area contributed by atoms with Gasteiger partial charge in [-0.2, -0.15) is 13.2 Å². The van der Waals surface area contributed by atoms with Crippen LogP contribution in [0.4, 0.5) is 23.2 Å². The van der Waals surface area contributed by atoms with Crippen molar-refractivity contribution in [1.82, 2.24) is 0 Å². The zero-order valence-corrected chi connectivity index (χ0v) is 11.9. The lowest BCUT2D eigenvalue weighted by molar-refractivity contribution is -0.144. The first-order valence-corrected chi connectivity index (χ1v) is 6.57. The minimum atomic E-state index is -4.57. The van der Waals surface area contributed by atoms with Gasteiger partial charge in [0.05, 0.1) is 15.7 Å². The summed E-state index contributed by atoms with van der Waals surface area (Å²) in [6.07, 6.45) is -4.57. The number of benzene rings is 2. The number of alkyl halides is 3. The molecular weight excluding hydrogens is 329 g/mol. The van der Waals surface area contributed by atoms with Gasteiger partial charge in [-0.15, -0.1) is 0 Å². The molecule has 0 amide bonds. The lowest BCUT2D eigenvalue weighted by atomic mass is 10.1. The minimum absolute atomic E-state index is 0.00135. The third-order valence-electron chi connectivity index (χ3n) is 2.76. The molecular formula is C14H9Cl2F4N. The fourth-order valence-corrected chi connectivity index (χ4v) is 2.39. The van der Waals surface area contributed by atoms with Crippen LogP contribution < -0.4 is 5.32 Å². The summed E-state index contributed by atoms with van der Waals surface area (Å²) >= 11 is 11.5. The van der Waals surface area contributed by atoms with Crippen LogP contribution in [0.2, 0.25) is 10.0 Å². The molecule has 0 bridgehead atoms. The standard InChI is InChI=1S/C14H9Cl2F4N/c15-10-6-9(17)7-11(16)12(10)21-13(14(18,19)20)8-4-2-1-3-5-8/h1-7,13,21H. The minimum Gasteiger partial charge on any atom is -0.368 e. The van der Waals surface area contributed by atoms with E-state index < -0.39 is 18.0 Å². The molecule has 0 aliphatic heterocycles. The summed E-state index contributed by atoms with van der Waals surface area (Å²) in [5.41, 5.74) is -0.160. The van der Waals surface area contributed by atoms with Crippen LogP contribution in [-0.4, -0.2) is 6.18 Å². The summed E-state index contributed by atoms with van der Waals surface area (Å²) in [4.78, 5) is 0. The van der Waals surface area contributed by atoms with Crippen LogP contribution >= 0.6 is 23.2 Å².